The monoisotopic (exact) mass is 281 g/mol. The van der Waals surface area contributed by atoms with E-state index in [1.165, 1.54) is 25.7 Å². The van der Waals surface area contributed by atoms with Gasteiger partial charge in [-0.15, -0.1) is 0 Å². The number of nitrogens with zero attached hydrogens (tertiary/aromatic N) is 1. The van der Waals surface area contributed by atoms with Gasteiger partial charge in [0.15, 0.2) is 0 Å². The number of hydrogen-bond donors (Lipinski definition) is 2. The van der Waals surface area contributed by atoms with Gasteiger partial charge in [0.05, 0.1) is 0 Å². The zero-order valence-corrected chi connectivity index (χ0v) is 12.5. The van der Waals surface area contributed by atoms with Crippen molar-refractivity contribution in [2.75, 3.05) is 13.1 Å². The summed E-state index contributed by atoms with van der Waals surface area (Å²) in [5.41, 5.74) is 0. The molecule has 2 aliphatic rings. The molecule has 0 saturated heterocycles. The lowest BCUT2D eigenvalue weighted by atomic mass is 10.1. The van der Waals surface area contributed by atoms with Crippen LogP contribution >= 0.6 is 0 Å². The molecule has 114 valence electrons. The van der Waals surface area contributed by atoms with Crippen LogP contribution in [0.25, 0.3) is 0 Å². The second kappa shape index (κ2) is 7.50. The van der Waals surface area contributed by atoms with E-state index in [9.17, 15) is 9.59 Å². The zero-order chi connectivity index (χ0) is 14.4. The van der Waals surface area contributed by atoms with Crippen LogP contribution in [0.3, 0.4) is 0 Å². The molecule has 3 amide bonds. The van der Waals surface area contributed by atoms with Crippen LogP contribution in [0.2, 0.25) is 0 Å². The van der Waals surface area contributed by atoms with Gasteiger partial charge in [0.1, 0.15) is 0 Å². The van der Waals surface area contributed by atoms with E-state index in [4.69, 9.17) is 0 Å². The van der Waals surface area contributed by atoms with Crippen LogP contribution in [0.5, 0.6) is 0 Å². The lowest BCUT2D eigenvalue weighted by Crippen LogP contribution is -2.45. The maximum atomic E-state index is 11.8. The third-order valence-corrected chi connectivity index (χ3v) is 4.22. The Bertz CT molecular complexity index is 334. The van der Waals surface area contributed by atoms with Gasteiger partial charge in [0, 0.05) is 32.1 Å². The van der Waals surface area contributed by atoms with Gasteiger partial charge in [-0.3, -0.25) is 4.79 Å². The van der Waals surface area contributed by atoms with Gasteiger partial charge >= 0.3 is 6.03 Å². The molecule has 0 atom stereocenters. The summed E-state index contributed by atoms with van der Waals surface area (Å²) < 4.78 is 0. The van der Waals surface area contributed by atoms with E-state index in [0.29, 0.717) is 25.2 Å². The number of urea groups is 1. The zero-order valence-electron chi connectivity index (χ0n) is 12.5. The Morgan fingerprint density at radius 3 is 2.25 bits per heavy atom. The van der Waals surface area contributed by atoms with Gasteiger partial charge in [-0.1, -0.05) is 25.7 Å². The summed E-state index contributed by atoms with van der Waals surface area (Å²) in [5.74, 6) is 0.126. The Morgan fingerprint density at radius 2 is 1.70 bits per heavy atom. The van der Waals surface area contributed by atoms with E-state index < -0.39 is 0 Å². The molecule has 20 heavy (non-hydrogen) atoms. The van der Waals surface area contributed by atoms with Crippen molar-refractivity contribution in [3.63, 3.8) is 0 Å². The van der Waals surface area contributed by atoms with E-state index in [2.05, 4.69) is 10.6 Å². The largest absolute Gasteiger partial charge is 0.338 e. The van der Waals surface area contributed by atoms with Crippen molar-refractivity contribution in [1.82, 2.24) is 15.5 Å². The predicted octanol–water partition coefficient (Wildman–Crippen LogP) is 2.02. The van der Waals surface area contributed by atoms with Crippen LogP contribution in [0.15, 0.2) is 0 Å². The molecule has 2 N–H and O–H groups in total. The molecule has 0 unspecified atom stereocenters. The van der Waals surface area contributed by atoms with Crippen molar-refractivity contribution in [2.45, 2.75) is 70.4 Å². The third kappa shape index (κ3) is 5.02. The first kappa shape index (κ1) is 15.1. The maximum Gasteiger partial charge on any atom is 0.315 e. The Kier molecular flexibility index (Phi) is 5.68. The molecule has 0 bridgehead atoms. The molecule has 0 aliphatic heterocycles. The molecule has 0 spiro atoms. The summed E-state index contributed by atoms with van der Waals surface area (Å²) >= 11 is 0. The highest BCUT2D eigenvalue weighted by Crippen LogP contribution is 2.22. The molecular formula is C15H27N3O2. The van der Waals surface area contributed by atoms with Crippen molar-refractivity contribution in [2.24, 2.45) is 0 Å². The molecule has 2 saturated carbocycles. The molecule has 0 heterocycles. The van der Waals surface area contributed by atoms with Crippen LogP contribution in [-0.4, -0.2) is 42.0 Å². The van der Waals surface area contributed by atoms with E-state index in [0.717, 1.165) is 25.7 Å². The summed E-state index contributed by atoms with van der Waals surface area (Å²) in [6.45, 7) is 2.79. The smallest absolute Gasteiger partial charge is 0.315 e. The fourth-order valence-electron chi connectivity index (χ4n) is 2.92. The van der Waals surface area contributed by atoms with Crippen molar-refractivity contribution in [3.05, 3.63) is 0 Å². The van der Waals surface area contributed by atoms with E-state index in [1.54, 1.807) is 6.92 Å². The fraction of sp³-hybridized carbons (Fsp3) is 0.867. The van der Waals surface area contributed by atoms with Gasteiger partial charge in [-0.05, 0) is 25.7 Å². The minimum atomic E-state index is -0.100. The quantitative estimate of drug-likeness (QED) is 0.757. The fourth-order valence-corrected chi connectivity index (χ4v) is 2.92. The number of amides is 3. The van der Waals surface area contributed by atoms with Gasteiger partial charge in [0.25, 0.3) is 0 Å². The Morgan fingerprint density at radius 1 is 1.05 bits per heavy atom. The molecule has 0 aromatic rings. The summed E-state index contributed by atoms with van der Waals surface area (Å²) in [6.07, 6.45) is 9.38. The molecule has 2 aliphatic carbocycles. The Labute approximate surface area is 121 Å². The van der Waals surface area contributed by atoms with Gasteiger partial charge in [-0.25, -0.2) is 4.79 Å². The average molecular weight is 281 g/mol. The Balaban J connectivity index is 1.72. The molecule has 5 heteroatoms. The SMILES string of the molecule is CC(=O)N(CCNC(=O)NC1CC1)C1CCCCCC1. The van der Waals surface area contributed by atoms with Crippen LogP contribution in [-0.2, 0) is 4.79 Å². The van der Waals surface area contributed by atoms with Crippen LogP contribution in [0.1, 0.15) is 58.3 Å². The second-order valence-electron chi connectivity index (χ2n) is 6.03. The van der Waals surface area contributed by atoms with Crippen molar-refractivity contribution in [1.29, 1.82) is 0 Å². The lowest BCUT2D eigenvalue weighted by molar-refractivity contribution is -0.131. The lowest BCUT2D eigenvalue weighted by Gasteiger charge is -2.30. The van der Waals surface area contributed by atoms with Crippen molar-refractivity contribution < 1.29 is 9.59 Å². The molecule has 5 nitrogen and oxygen atoms in total. The minimum absolute atomic E-state index is 0.100. The number of rotatable bonds is 5. The van der Waals surface area contributed by atoms with Crippen molar-refractivity contribution >= 4 is 11.9 Å². The predicted molar refractivity (Wildman–Crippen MR) is 78.4 cm³/mol. The van der Waals surface area contributed by atoms with E-state index >= 15 is 0 Å². The normalized spacial score (nSPS) is 20.1. The average Bonchev–Trinajstić information content (AvgIpc) is 3.21. The highest BCUT2D eigenvalue weighted by atomic mass is 16.2. The van der Waals surface area contributed by atoms with Crippen LogP contribution < -0.4 is 10.6 Å². The molecule has 2 rings (SSSR count). The van der Waals surface area contributed by atoms with Crippen molar-refractivity contribution in [3.8, 4) is 0 Å². The van der Waals surface area contributed by atoms with Gasteiger partial charge in [-0.2, -0.15) is 0 Å². The van der Waals surface area contributed by atoms with Gasteiger partial charge < -0.3 is 15.5 Å². The first-order chi connectivity index (χ1) is 9.66. The van der Waals surface area contributed by atoms with Crippen LogP contribution in [0, 0.1) is 0 Å². The highest BCUT2D eigenvalue weighted by Gasteiger charge is 2.24. The molecule has 0 radical (unpaired) electrons. The summed E-state index contributed by atoms with van der Waals surface area (Å²) in [5, 5.41) is 5.74. The second-order valence-corrected chi connectivity index (χ2v) is 6.03. The summed E-state index contributed by atoms with van der Waals surface area (Å²) in [6, 6.07) is 0.640. The molecule has 2 fully saturated rings. The number of carbonyl (C=O) groups excluding carboxylic acids is 2. The highest BCUT2D eigenvalue weighted by molar-refractivity contribution is 5.75. The first-order valence-corrected chi connectivity index (χ1v) is 7.98. The minimum Gasteiger partial charge on any atom is -0.338 e. The molecular weight excluding hydrogens is 254 g/mol. The van der Waals surface area contributed by atoms with E-state index in [-0.39, 0.29) is 11.9 Å². The summed E-state index contributed by atoms with van der Waals surface area (Å²) in [7, 11) is 0. The summed E-state index contributed by atoms with van der Waals surface area (Å²) in [4.78, 5) is 25.3. The molecule has 0 aromatic carbocycles. The standard InChI is InChI=1S/C15H27N3O2/c1-12(19)18(14-6-4-2-3-5-7-14)11-10-16-15(20)17-13-8-9-13/h13-14H,2-11H2,1H3,(H2,16,17,20). The molecule has 0 aromatic heterocycles. The third-order valence-electron chi connectivity index (χ3n) is 4.22. The number of nitrogens with one attached hydrogen (secondary N) is 2. The van der Waals surface area contributed by atoms with Gasteiger partial charge in [0.2, 0.25) is 5.91 Å². The number of hydrogen-bond acceptors (Lipinski definition) is 2. The topological polar surface area (TPSA) is 61.4 Å². The number of carbonyl (C=O) groups is 2. The Hall–Kier alpha value is -1.26. The van der Waals surface area contributed by atoms with Crippen LogP contribution in [0.4, 0.5) is 4.79 Å². The first-order valence-electron chi connectivity index (χ1n) is 7.98. The maximum absolute atomic E-state index is 11.8. The van der Waals surface area contributed by atoms with E-state index in [1.807, 2.05) is 4.90 Å².